The normalized spacial score (nSPS) is 14.0. The highest BCUT2D eigenvalue weighted by atomic mass is 32.1. The summed E-state index contributed by atoms with van der Waals surface area (Å²) in [5, 5.41) is 12.0. The summed E-state index contributed by atoms with van der Waals surface area (Å²) in [6, 6.07) is 6.30. The first-order valence-corrected chi connectivity index (χ1v) is 11.9. The van der Waals surface area contributed by atoms with Crippen LogP contribution in [0.4, 0.5) is 25.3 Å². The number of nitrogens with zero attached hydrogens (tertiary/aromatic N) is 5. The average Bonchev–Trinajstić information content (AvgIpc) is 3.25. The zero-order valence-corrected chi connectivity index (χ0v) is 20.2. The molecular weight excluding hydrogens is 480 g/mol. The third-order valence-corrected chi connectivity index (χ3v) is 6.66. The van der Waals surface area contributed by atoms with E-state index < -0.39 is 22.5 Å². The van der Waals surface area contributed by atoms with Gasteiger partial charge in [-0.05, 0) is 45.3 Å². The molecule has 2 heterocycles. The molecule has 0 aliphatic carbocycles. The van der Waals surface area contributed by atoms with Crippen LogP contribution in [0.15, 0.2) is 30.3 Å². The summed E-state index contributed by atoms with van der Waals surface area (Å²) in [4.78, 5) is 34.3. The van der Waals surface area contributed by atoms with Crippen molar-refractivity contribution in [3.63, 3.8) is 0 Å². The number of carbonyl (C=O) groups is 1. The number of thiazole rings is 1. The highest BCUT2D eigenvalue weighted by molar-refractivity contribution is 7.22. The van der Waals surface area contributed by atoms with Gasteiger partial charge in [0.15, 0.2) is 10.9 Å². The fourth-order valence-corrected chi connectivity index (χ4v) is 4.95. The number of benzene rings is 2. The number of anilines is 2. The van der Waals surface area contributed by atoms with Crippen LogP contribution >= 0.6 is 11.3 Å². The number of aromatic nitrogens is 1. The molecule has 0 N–H and O–H groups in total. The Kier molecular flexibility index (Phi) is 7.53. The van der Waals surface area contributed by atoms with Crippen molar-refractivity contribution in [2.75, 3.05) is 63.3 Å². The minimum absolute atomic E-state index is 0.0227. The Morgan fingerprint density at radius 1 is 1.20 bits per heavy atom. The van der Waals surface area contributed by atoms with E-state index in [0.29, 0.717) is 45.0 Å². The van der Waals surface area contributed by atoms with E-state index in [1.54, 1.807) is 12.1 Å². The maximum Gasteiger partial charge on any atom is 0.293 e. The summed E-state index contributed by atoms with van der Waals surface area (Å²) in [7, 11) is 3.80. The molecule has 1 aromatic heterocycles. The van der Waals surface area contributed by atoms with Crippen molar-refractivity contribution in [2.24, 2.45) is 0 Å². The van der Waals surface area contributed by atoms with Crippen LogP contribution in [-0.4, -0.2) is 74.2 Å². The van der Waals surface area contributed by atoms with Crippen LogP contribution in [0.3, 0.4) is 0 Å². The van der Waals surface area contributed by atoms with Gasteiger partial charge in [0.2, 0.25) is 0 Å². The van der Waals surface area contributed by atoms with E-state index in [2.05, 4.69) is 4.98 Å². The van der Waals surface area contributed by atoms with E-state index in [-0.39, 0.29) is 33.1 Å². The van der Waals surface area contributed by atoms with Crippen LogP contribution in [0.2, 0.25) is 0 Å². The van der Waals surface area contributed by atoms with E-state index in [1.165, 1.54) is 17.0 Å². The lowest BCUT2D eigenvalue weighted by Gasteiger charge is -2.28. The lowest BCUT2D eigenvalue weighted by molar-refractivity contribution is -0.384. The zero-order chi connectivity index (χ0) is 25.1. The Morgan fingerprint density at radius 3 is 2.63 bits per heavy atom. The number of amides is 1. The molecule has 186 valence electrons. The molecule has 0 saturated carbocycles. The molecule has 0 radical (unpaired) electrons. The molecule has 1 fully saturated rings. The molecule has 1 aliphatic heterocycles. The number of hydrogen-bond donors (Lipinski definition) is 0. The van der Waals surface area contributed by atoms with Crippen LogP contribution in [0.5, 0.6) is 0 Å². The summed E-state index contributed by atoms with van der Waals surface area (Å²) in [6.45, 7) is 2.88. The van der Waals surface area contributed by atoms with Crippen molar-refractivity contribution in [3.05, 3.63) is 57.6 Å². The summed E-state index contributed by atoms with van der Waals surface area (Å²) >= 11 is 0.996. The Hall–Kier alpha value is -3.22. The van der Waals surface area contributed by atoms with Crippen molar-refractivity contribution in [1.82, 2.24) is 9.88 Å². The Labute approximate surface area is 204 Å². The number of ether oxygens (including phenoxy) is 1. The monoisotopic (exact) mass is 505 g/mol. The van der Waals surface area contributed by atoms with E-state index in [0.717, 1.165) is 17.4 Å². The molecule has 35 heavy (non-hydrogen) atoms. The van der Waals surface area contributed by atoms with Gasteiger partial charge in [-0.1, -0.05) is 11.3 Å². The summed E-state index contributed by atoms with van der Waals surface area (Å²) in [6.07, 6.45) is 0.583. The van der Waals surface area contributed by atoms with Crippen molar-refractivity contribution in [2.45, 2.75) is 6.42 Å². The Morgan fingerprint density at radius 2 is 1.94 bits per heavy atom. The van der Waals surface area contributed by atoms with Gasteiger partial charge in [-0.2, -0.15) is 0 Å². The van der Waals surface area contributed by atoms with Crippen molar-refractivity contribution >= 4 is 44.0 Å². The first-order valence-electron chi connectivity index (χ1n) is 11.1. The molecule has 1 aliphatic rings. The molecule has 0 bridgehead atoms. The van der Waals surface area contributed by atoms with Gasteiger partial charge in [0, 0.05) is 37.3 Å². The first kappa shape index (κ1) is 24.9. The number of nitro groups is 1. The maximum absolute atomic E-state index is 14.3. The third kappa shape index (κ3) is 5.55. The smallest absolute Gasteiger partial charge is 0.293 e. The molecule has 0 spiro atoms. The standard InChI is InChI=1S/C23H25F2N5O4S/c1-27(2)6-3-7-29(23-26-21-17(25)13-16(24)14-20(21)35-23)22(31)15-4-5-18(19(12-15)30(32)33)28-8-10-34-11-9-28/h4-5,12-14H,3,6-11H2,1-2H3. The van der Waals surface area contributed by atoms with Crippen LogP contribution in [0.25, 0.3) is 10.2 Å². The number of hydrogen-bond acceptors (Lipinski definition) is 8. The second kappa shape index (κ2) is 10.6. The minimum Gasteiger partial charge on any atom is -0.378 e. The molecular formula is C23H25F2N5O4S. The second-order valence-electron chi connectivity index (χ2n) is 8.40. The van der Waals surface area contributed by atoms with Gasteiger partial charge in [0.1, 0.15) is 17.0 Å². The number of carbonyl (C=O) groups excluding carboxylic acids is 1. The van der Waals surface area contributed by atoms with Gasteiger partial charge >= 0.3 is 0 Å². The van der Waals surface area contributed by atoms with E-state index in [9.17, 15) is 23.7 Å². The maximum atomic E-state index is 14.3. The lowest BCUT2D eigenvalue weighted by Crippen LogP contribution is -2.37. The molecule has 2 aromatic carbocycles. The average molecular weight is 506 g/mol. The topological polar surface area (TPSA) is 92.0 Å². The van der Waals surface area contributed by atoms with Crippen LogP contribution in [-0.2, 0) is 4.74 Å². The Bertz CT molecular complexity index is 1250. The van der Waals surface area contributed by atoms with E-state index in [4.69, 9.17) is 4.74 Å². The van der Waals surface area contributed by atoms with Gasteiger partial charge < -0.3 is 14.5 Å². The Balaban J connectivity index is 1.70. The van der Waals surface area contributed by atoms with Gasteiger partial charge in [0.05, 0.1) is 22.8 Å². The molecule has 9 nitrogen and oxygen atoms in total. The van der Waals surface area contributed by atoms with E-state index in [1.807, 2.05) is 23.9 Å². The number of rotatable bonds is 8. The van der Waals surface area contributed by atoms with Crippen LogP contribution in [0.1, 0.15) is 16.8 Å². The van der Waals surface area contributed by atoms with Gasteiger partial charge in [-0.3, -0.25) is 19.8 Å². The van der Waals surface area contributed by atoms with Gasteiger partial charge in [0.25, 0.3) is 11.6 Å². The molecule has 4 rings (SSSR count). The molecule has 0 unspecified atom stereocenters. The van der Waals surface area contributed by atoms with Crippen molar-refractivity contribution < 1.29 is 23.2 Å². The number of morpholine rings is 1. The quantitative estimate of drug-likeness (QED) is 0.339. The van der Waals surface area contributed by atoms with Gasteiger partial charge in [-0.25, -0.2) is 13.8 Å². The highest BCUT2D eigenvalue weighted by Crippen LogP contribution is 2.34. The lowest BCUT2D eigenvalue weighted by atomic mass is 10.1. The van der Waals surface area contributed by atoms with Crippen LogP contribution in [0, 0.1) is 21.7 Å². The minimum atomic E-state index is -0.811. The van der Waals surface area contributed by atoms with Crippen molar-refractivity contribution in [3.8, 4) is 0 Å². The SMILES string of the molecule is CN(C)CCCN(C(=O)c1ccc(N2CCOCC2)c([N+](=O)[O-])c1)c1nc2c(F)cc(F)cc2s1. The molecule has 3 aromatic rings. The third-order valence-electron chi connectivity index (χ3n) is 5.64. The fourth-order valence-electron chi connectivity index (χ4n) is 3.92. The second-order valence-corrected chi connectivity index (χ2v) is 9.41. The summed E-state index contributed by atoms with van der Waals surface area (Å²) < 4.78 is 33.6. The summed E-state index contributed by atoms with van der Waals surface area (Å²) in [5.41, 5.74) is 0.338. The first-order chi connectivity index (χ1) is 16.7. The summed E-state index contributed by atoms with van der Waals surface area (Å²) in [5.74, 6) is -2.04. The predicted molar refractivity (Wildman–Crippen MR) is 131 cm³/mol. The molecule has 12 heteroatoms. The molecule has 0 atom stereocenters. The number of fused-ring (bicyclic) bond motifs is 1. The van der Waals surface area contributed by atoms with Gasteiger partial charge in [-0.15, -0.1) is 0 Å². The zero-order valence-electron chi connectivity index (χ0n) is 19.4. The molecule has 1 amide bonds. The fraction of sp³-hybridized carbons (Fsp3) is 0.391. The number of nitro benzene ring substituents is 1. The predicted octanol–water partition coefficient (Wildman–Crippen LogP) is 3.92. The van der Waals surface area contributed by atoms with Crippen LogP contribution < -0.4 is 9.80 Å². The van der Waals surface area contributed by atoms with Crippen molar-refractivity contribution in [1.29, 1.82) is 0 Å². The highest BCUT2D eigenvalue weighted by Gasteiger charge is 2.27. The molecule has 1 saturated heterocycles. The van der Waals surface area contributed by atoms with E-state index >= 15 is 0 Å². The largest absolute Gasteiger partial charge is 0.378 e. The number of halogens is 2.